The molecule has 1 fully saturated rings. The topological polar surface area (TPSA) is 39.2 Å². The van der Waals surface area contributed by atoms with E-state index < -0.39 is 0 Å². The molecule has 0 radical (unpaired) electrons. The molecule has 3 nitrogen and oxygen atoms in total. The minimum absolute atomic E-state index is 0.184. The maximum Gasteiger partial charge on any atom is 0.164 e. The molecule has 0 N–H and O–H groups in total. The highest BCUT2D eigenvalue weighted by Crippen LogP contribution is 2.29. The van der Waals surface area contributed by atoms with Gasteiger partial charge in [0.1, 0.15) is 5.75 Å². The van der Waals surface area contributed by atoms with E-state index in [1.165, 1.54) is 25.7 Å². The minimum atomic E-state index is 0.184. The molecule has 1 aliphatic rings. The van der Waals surface area contributed by atoms with Gasteiger partial charge in [-0.3, -0.25) is 9.78 Å². The highest BCUT2D eigenvalue weighted by Gasteiger charge is 2.17. The Labute approximate surface area is 102 Å². The summed E-state index contributed by atoms with van der Waals surface area (Å²) in [7, 11) is 1.59. The second kappa shape index (κ2) is 5.80. The van der Waals surface area contributed by atoms with Gasteiger partial charge in [0.15, 0.2) is 5.78 Å². The summed E-state index contributed by atoms with van der Waals surface area (Å²) in [5.74, 6) is 1.59. The molecule has 1 aliphatic carbocycles. The van der Waals surface area contributed by atoms with Gasteiger partial charge in [-0.05, 0) is 18.4 Å². The lowest BCUT2D eigenvalue weighted by Gasteiger charge is -2.08. The number of carbonyl (C=O) groups is 1. The van der Waals surface area contributed by atoms with Crippen LogP contribution in [-0.4, -0.2) is 17.9 Å². The van der Waals surface area contributed by atoms with Crippen molar-refractivity contribution < 1.29 is 9.53 Å². The number of ether oxygens (including phenoxy) is 1. The Kier molecular flexibility index (Phi) is 4.13. The van der Waals surface area contributed by atoms with Crippen LogP contribution in [0.1, 0.15) is 48.9 Å². The molecule has 0 saturated heterocycles. The number of carbonyl (C=O) groups excluding carboxylic acids is 1. The van der Waals surface area contributed by atoms with E-state index in [-0.39, 0.29) is 5.78 Å². The molecule has 0 bridgehead atoms. The fourth-order valence-corrected chi connectivity index (χ4v) is 2.46. The maximum absolute atomic E-state index is 12.0. The molecular formula is C14H19NO2. The summed E-state index contributed by atoms with van der Waals surface area (Å²) in [6.07, 6.45) is 10.2. The third kappa shape index (κ3) is 3.29. The summed E-state index contributed by atoms with van der Waals surface area (Å²) in [6, 6.07) is 1.77. The van der Waals surface area contributed by atoms with Gasteiger partial charge in [0.05, 0.1) is 13.3 Å². The van der Waals surface area contributed by atoms with Crippen molar-refractivity contribution in [1.29, 1.82) is 0 Å². The van der Waals surface area contributed by atoms with Crippen molar-refractivity contribution in [2.24, 2.45) is 5.92 Å². The summed E-state index contributed by atoms with van der Waals surface area (Å²) in [4.78, 5) is 16.0. The normalized spacial score (nSPS) is 16.1. The molecule has 1 aromatic rings. The van der Waals surface area contributed by atoms with Gasteiger partial charge in [0, 0.05) is 18.2 Å². The van der Waals surface area contributed by atoms with Gasteiger partial charge in [0.2, 0.25) is 0 Å². The van der Waals surface area contributed by atoms with Crippen LogP contribution in [0, 0.1) is 5.92 Å². The van der Waals surface area contributed by atoms with Crippen LogP contribution in [0.4, 0.5) is 0 Å². The van der Waals surface area contributed by atoms with Crippen LogP contribution >= 0.6 is 0 Å². The fraction of sp³-hybridized carbons (Fsp3) is 0.571. The second-order valence-electron chi connectivity index (χ2n) is 4.73. The lowest BCUT2D eigenvalue weighted by molar-refractivity contribution is 0.0973. The van der Waals surface area contributed by atoms with Crippen LogP contribution in [0.15, 0.2) is 18.5 Å². The Morgan fingerprint density at radius 3 is 2.88 bits per heavy atom. The van der Waals surface area contributed by atoms with E-state index in [4.69, 9.17) is 4.74 Å². The Bertz CT molecular complexity index is 384. The van der Waals surface area contributed by atoms with Gasteiger partial charge in [-0.2, -0.15) is 0 Å². The van der Waals surface area contributed by atoms with Crippen molar-refractivity contribution in [3.63, 3.8) is 0 Å². The summed E-state index contributed by atoms with van der Waals surface area (Å²) in [5, 5.41) is 0. The average molecular weight is 233 g/mol. The molecule has 3 heteroatoms. The smallest absolute Gasteiger partial charge is 0.164 e. The molecule has 92 valence electrons. The zero-order valence-corrected chi connectivity index (χ0v) is 10.3. The molecule has 0 atom stereocenters. The van der Waals surface area contributed by atoms with E-state index in [1.807, 2.05) is 0 Å². The van der Waals surface area contributed by atoms with Crippen LogP contribution in [-0.2, 0) is 0 Å². The predicted octanol–water partition coefficient (Wildman–Crippen LogP) is 3.24. The number of ketones is 1. The highest BCUT2D eigenvalue weighted by atomic mass is 16.5. The van der Waals surface area contributed by atoms with Crippen molar-refractivity contribution in [3.8, 4) is 5.75 Å². The predicted molar refractivity (Wildman–Crippen MR) is 66.3 cm³/mol. The average Bonchev–Trinajstić information content (AvgIpc) is 2.89. The summed E-state index contributed by atoms with van der Waals surface area (Å²) in [6.45, 7) is 0. The Balaban J connectivity index is 1.89. The number of Topliss-reactive ketones (excluding diaryl/α,β-unsaturated/α-hetero) is 1. The van der Waals surface area contributed by atoms with E-state index in [9.17, 15) is 4.79 Å². The Hall–Kier alpha value is -1.38. The standard InChI is InChI=1S/C14H19NO2/c1-17-13-8-12(9-15-10-13)14(16)7-6-11-4-2-3-5-11/h8-11H,2-7H2,1H3. The zero-order valence-electron chi connectivity index (χ0n) is 10.3. The lowest BCUT2D eigenvalue weighted by Crippen LogP contribution is -2.03. The molecule has 1 heterocycles. The monoisotopic (exact) mass is 233 g/mol. The largest absolute Gasteiger partial charge is 0.495 e. The molecule has 0 aromatic carbocycles. The number of nitrogens with zero attached hydrogens (tertiary/aromatic N) is 1. The quantitative estimate of drug-likeness (QED) is 0.733. The third-order valence-corrected chi connectivity index (χ3v) is 3.53. The van der Waals surface area contributed by atoms with Crippen LogP contribution in [0.2, 0.25) is 0 Å². The second-order valence-corrected chi connectivity index (χ2v) is 4.73. The molecule has 1 aromatic heterocycles. The molecule has 0 unspecified atom stereocenters. The first-order chi connectivity index (χ1) is 8.29. The van der Waals surface area contributed by atoms with Crippen molar-refractivity contribution >= 4 is 5.78 Å². The fourth-order valence-electron chi connectivity index (χ4n) is 2.46. The number of hydrogen-bond acceptors (Lipinski definition) is 3. The molecule has 0 spiro atoms. The molecule has 1 saturated carbocycles. The number of methoxy groups -OCH3 is 1. The van der Waals surface area contributed by atoms with Crippen LogP contribution < -0.4 is 4.74 Å². The van der Waals surface area contributed by atoms with E-state index >= 15 is 0 Å². The maximum atomic E-state index is 12.0. The highest BCUT2D eigenvalue weighted by molar-refractivity contribution is 5.96. The van der Waals surface area contributed by atoms with Crippen LogP contribution in [0.25, 0.3) is 0 Å². The van der Waals surface area contributed by atoms with Crippen molar-refractivity contribution in [1.82, 2.24) is 4.98 Å². The first kappa shape index (κ1) is 12.1. The SMILES string of the molecule is COc1cncc(C(=O)CCC2CCCC2)c1. The van der Waals surface area contributed by atoms with Gasteiger partial charge >= 0.3 is 0 Å². The van der Waals surface area contributed by atoms with E-state index in [2.05, 4.69) is 4.98 Å². The number of rotatable bonds is 5. The van der Waals surface area contributed by atoms with Crippen molar-refractivity contribution in [3.05, 3.63) is 24.0 Å². The minimum Gasteiger partial charge on any atom is -0.495 e. The molecule has 17 heavy (non-hydrogen) atoms. The van der Waals surface area contributed by atoms with E-state index in [0.29, 0.717) is 17.7 Å². The van der Waals surface area contributed by atoms with Gasteiger partial charge in [-0.25, -0.2) is 0 Å². The number of hydrogen-bond donors (Lipinski definition) is 0. The molecule has 0 amide bonds. The third-order valence-electron chi connectivity index (χ3n) is 3.53. The van der Waals surface area contributed by atoms with Gasteiger partial charge in [-0.1, -0.05) is 25.7 Å². The Morgan fingerprint density at radius 1 is 1.41 bits per heavy atom. The van der Waals surface area contributed by atoms with Crippen molar-refractivity contribution in [2.75, 3.05) is 7.11 Å². The van der Waals surface area contributed by atoms with E-state index in [0.717, 1.165) is 12.3 Å². The van der Waals surface area contributed by atoms with Crippen LogP contribution in [0.3, 0.4) is 0 Å². The molecule has 2 rings (SSSR count). The zero-order chi connectivity index (χ0) is 12.1. The number of pyridine rings is 1. The Morgan fingerprint density at radius 2 is 2.18 bits per heavy atom. The first-order valence-corrected chi connectivity index (χ1v) is 6.32. The van der Waals surface area contributed by atoms with Crippen molar-refractivity contribution in [2.45, 2.75) is 38.5 Å². The van der Waals surface area contributed by atoms with Crippen LogP contribution in [0.5, 0.6) is 5.75 Å². The summed E-state index contributed by atoms with van der Waals surface area (Å²) < 4.78 is 5.07. The number of aromatic nitrogens is 1. The lowest BCUT2D eigenvalue weighted by atomic mass is 9.98. The summed E-state index contributed by atoms with van der Waals surface area (Å²) in [5.41, 5.74) is 0.669. The van der Waals surface area contributed by atoms with E-state index in [1.54, 1.807) is 25.6 Å². The molecular weight excluding hydrogens is 214 g/mol. The molecule has 0 aliphatic heterocycles. The van der Waals surface area contributed by atoms with Gasteiger partial charge in [-0.15, -0.1) is 0 Å². The first-order valence-electron chi connectivity index (χ1n) is 6.32. The van der Waals surface area contributed by atoms with Gasteiger partial charge < -0.3 is 4.74 Å². The summed E-state index contributed by atoms with van der Waals surface area (Å²) >= 11 is 0. The van der Waals surface area contributed by atoms with Gasteiger partial charge in [0.25, 0.3) is 0 Å².